The lowest BCUT2D eigenvalue weighted by atomic mass is 10.1. The van der Waals surface area contributed by atoms with Gasteiger partial charge < -0.3 is 25.1 Å². The van der Waals surface area contributed by atoms with E-state index >= 15 is 0 Å². The first-order valence-corrected chi connectivity index (χ1v) is 12.2. The maximum absolute atomic E-state index is 7.18. The number of imidazole rings is 1. The SMILES string of the molecule is CC(C)Cc1nc(-c2ccc(OCCNC(=N)N)cc2)cn1-c1ccc(Oc2ccc(Cl)cc2)cc1. The lowest BCUT2D eigenvalue weighted by molar-refractivity contribution is 0.322. The van der Waals surface area contributed by atoms with Crippen LogP contribution in [-0.2, 0) is 6.42 Å². The van der Waals surface area contributed by atoms with Crippen LogP contribution in [0.4, 0.5) is 0 Å². The zero-order chi connectivity index (χ0) is 25.5. The molecule has 0 radical (unpaired) electrons. The molecule has 1 aromatic heterocycles. The Balaban J connectivity index is 1.50. The minimum Gasteiger partial charge on any atom is -0.492 e. The van der Waals surface area contributed by atoms with Crippen LogP contribution in [0.1, 0.15) is 19.7 Å². The molecule has 0 saturated heterocycles. The molecule has 0 amide bonds. The zero-order valence-corrected chi connectivity index (χ0v) is 21.1. The summed E-state index contributed by atoms with van der Waals surface area (Å²) in [6.07, 6.45) is 2.92. The topological polar surface area (TPSA) is 98.2 Å². The van der Waals surface area contributed by atoms with E-state index in [1.54, 1.807) is 12.1 Å². The van der Waals surface area contributed by atoms with Crippen LogP contribution in [0.2, 0.25) is 5.02 Å². The summed E-state index contributed by atoms with van der Waals surface area (Å²) in [5, 5.41) is 10.6. The Kier molecular flexibility index (Phi) is 8.13. The molecule has 0 aliphatic rings. The van der Waals surface area contributed by atoms with Crippen LogP contribution in [0.3, 0.4) is 0 Å². The van der Waals surface area contributed by atoms with Crippen molar-refractivity contribution >= 4 is 17.6 Å². The molecule has 0 atom stereocenters. The average molecular weight is 504 g/mol. The fourth-order valence-electron chi connectivity index (χ4n) is 3.68. The van der Waals surface area contributed by atoms with E-state index < -0.39 is 0 Å². The van der Waals surface area contributed by atoms with E-state index in [9.17, 15) is 0 Å². The van der Waals surface area contributed by atoms with Gasteiger partial charge in [-0.25, -0.2) is 4.98 Å². The number of aromatic nitrogens is 2. The van der Waals surface area contributed by atoms with Crippen molar-refractivity contribution in [2.75, 3.05) is 13.2 Å². The minimum absolute atomic E-state index is 0.0644. The van der Waals surface area contributed by atoms with Crippen LogP contribution in [0.25, 0.3) is 16.9 Å². The number of nitrogens with one attached hydrogen (secondary N) is 2. The Morgan fingerprint density at radius 1 is 0.972 bits per heavy atom. The molecule has 0 unspecified atom stereocenters. The Morgan fingerprint density at radius 2 is 1.58 bits per heavy atom. The van der Waals surface area contributed by atoms with Crippen molar-refractivity contribution in [1.29, 1.82) is 5.41 Å². The van der Waals surface area contributed by atoms with E-state index in [1.165, 1.54) is 0 Å². The molecule has 0 spiro atoms. The highest BCUT2D eigenvalue weighted by molar-refractivity contribution is 6.30. The first kappa shape index (κ1) is 25.1. The largest absolute Gasteiger partial charge is 0.492 e. The molecule has 4 rings (SSSR count). The summed E-state index contributed by atoms with van der Waals surface area (Å²) in [7, 11) is 0. The average Bonchev–Trinajstić information content (AvgIpc) is 3.27. The van der Waals surface area contributed by atoms with Gasteiger partial charge in [0.25, 0.3) is 0 Å². The summed E-state index contributed by atoms with van der Waals surface area (Å²) in [4.78, 5) is 4.95. The second-order valence-corrected chi connectivity index (χ2v) is 9.21. The summed E-state index contributed by atoms with van der Waals surface area (Å²) in [5.74, 6) is 3.64. The third-order valence-corrected chi connectivity index (χ3v) is 5.62. The second-order valence-electron chi connectivity index (χ2n) is 8.77. The van der Waals surface area contributed by atoms with Gasteiger partial charge in [-0.2, -0.15) is 0 Å². The minimum atomic E-state index is -0.0644. The van der Waals surface area contributed by atoms with Crippen LogP contribution in [-0.4, -0.2) is 28.7 Å². The van der Waals surface area contributed by atoms with Crippen LogP contribution in [0, 0.1) is 11.3 Å². The number of rotatable bonds is 10. The van der Waals surface area contributed by atoms with Gasteiger partial charge in [0.1, 0.15) is 29.7 Å². The summed E-state index contributed by atoms with van der Waals surface area (Å²) in [6.45, 7) is 5.27. The third-order valence-electron chi connectivity index (χ3n) is 5.37. The van der Waals surface area contributed by atoms with Crippen molar-refractivity contribution in [3.05, 3.63) is 89.8 Å². The van der Waals surface area contributed by atoms with Crippen LogP contribution < -0.4 is 20.5 Å². The zero-order valence-electron chi connectivity index (χ0n) is 20.4. The fraction of sp³-hybridized carbons (Fsp3) is 0.214. The molecule has 7 nitrogen and oxygen atoms in total. The van der Waals surface area contributed by atoms with Gasteiger partial charge in [-0.1, -0.05) is 25.4 Å². The summed E-state index contributed by atoms with van der Waals surface area (Å²) >= 11 is 5.96. The van der Waals surface area contributed by atoms with Crippen molar-refractivity contribution < 1.29 is 9.47 Å². The van der Waals surface area contributed by atoms with Gasteiger partial charge in [0, 0.05) is 28.9 Å². The van der Waals surface area contributed by atoms with Crippen molar-refractivity contribution in [3.63, 3.8) is 0 Å². The normalized spacial score (nSPS) is 10.9. The number of halogens is 1. The molecule has 0 aliphatic heterocycles. The second kappa shape index (κ2) is 11.6. The van der Waals surface area contributed by atoms with Crippen molar-refractivity contribution in [3.8, 4) is 34.2 Å². The molecule has 0 saturated carbocycles. The van der Waals surface area contributed by atoms with Gasteiger partial charge in [-0.3, -0.25) is 5.41 Å². The molecular weight excluding hydrogens is 474 g/mol. The number of benzene rings is 3. The maximum Gasteiger partial charge on any atom is 0.185 e. The van der Waals surface area contributed by atoms with E-state index in [1.807, 2.05) is 60.7 Å². The highest BCUT2D eigenvalue weighted by atomic mass is 35.5. The molecule has 8 heteroatoms. The van der Waals surface area contributed by atoms with Gasteiger partial charge in [0.05, 0.1) is 12.2 Å². The predicted molar refractivity (Wildman–Crippen MR) is 144 cm³/mol. The van der Waals surface area contributed by atoms with Crippen molar-refractivity contribution in [1.82, 2.24) is 14.9 Å². The van der Waals surface area contributed by atoms with Gasteiger partial charge in [0.2, 0.25) is 0 Å². The number of hydrogen-bond donors (Lipinski definition) is 3. The number of nitrogens with zero attached hydrogens (tertiary/aromatic N) is 2. The highest BCUT2D eigenvalue weighted by Gasteiger charge is 2.13. The van der Waals surface area contributed by atoms with E-state index in [2.05, 4.69) is 29.9 Å². The molecular formula is C28H30ClN5O2. The summed E-state index contributed by atoms with van der Waals surface area (Å²) < 4.78 is 13.8. The van der Waals surface area contributed by atoms with Gasteiger partial charge in [0.15, 0.2) is 5.96 Å². The van der Waals surface area contributed by atoms with E-state index in [0.29, 0.717) is 24.1 Å². The molecule has 186 valence electrons. The Morgan fingerprint density at radius 3 is 2.19 bits per heavy atom. The Hall–Kier alpha value is -3.97. The van der Waals surface area contributed by atoms with E-state index in [0.717, 1.165) is 46.4 Å². The maximum atomic E-state index is 7.18. The van der Waals surface area contributed by atoms with Crippen LogP contribution >= 0.6 is 11.6 Å². The standard InChI is InChI=1S/C28H30ClN5O2/c1-19(2)17-27-33-26(20-3-9-23(10-4-20)35-16-15-32-28(30)31)18-34(27)22-7-13-25(14-8-22)36-24-11-5-21(29)6-12-24/h3-14,18-19H,15-17H2,1-2H3,(H4,30,31,32). The lowest BCUT2D eigenvalue weighted by Gasteiger charge is -2.11. The first-order chi connectivity index (χ1) is 17.4. The van der Waals surface area contributed by atoms with Crippen LogP contribution in [0.5, 0.6) is 17.2 Å². The van der Waals surface area contributed by atoms with E-state index in [-0.39, 0.29) is 5.96 Å². The van der Waals surface area contributed by atoms with Gasteiger partial charge in [-0.15, -0.1) is 0 Å². The number of nitrogens with two attached hydrogens (primary N) is 1. The van der Waals surface area contributed by atoms with Gasteiger partial charge >= 0.3 is 0 Å². The quantitative estimate of drug-likeness (QED) is 0.139. The first-order valence-electron chi connectivity index (χ1n) is 11.8. The highest BCUT2D eigenvalue weighted by Crippen LogP contribution is 2.28. The summed E-state index contributed by atoms with van der Waals surface area (Å²) in [6, 6.07) is 23.1. The lowest BCUT2D eigenvalue weighted by Crippen LogP contribution is -2.33. The molecule has 3 aromatic carbocycles. The predicted octanol–water partition coefficient (Wildman–Crippen LogP) is 6.05. The van der Waals surface area contributed by atoms with E-state index in [4.69, 9.17) is 37.2 Å². The van der Waals surface area contributed by atoms with Crippen LogP contribution in [0.15, 0.2) is 79.0 Å². The van der Waals surface area contributed by atoms with Crippen molar-refractivity contribution in [2.24, 2.45) is 11.7 Å². The Labute approximate surface area is 216 Å². The molecule has 36 heavy (non-hydrogen) atoms. The van der Waals surface area contributed by atoms with Gasteiger partial charge in [-0.05, 0) is 78.7 Å². The molecule has 1 heterocycles. The number of hydrogen-bond acceptors (Lipinski definition) is 4. The summed E-state index contributed by atoms with van der Waals surface area (Å²) in [5.41, 5.74) is 8.21. The third kappa shape index (κ3) is 6.79. The monoisotopic (exact) mass is 503 g/mol. The molecule has 4 aromatic rings. The molecule has 0 bridgehead atoms. The molecule has 4 N–H and O–H groups in total. The molecule has 0 aliphatic carbocycles. The number of ether oxygens (including phenoxy) is 2. The smallest absolute Gasteiger partial charge is 0.185 e. The molecule has 0 fully saturated rings. The van der Waals surface area contributed by atoms with Crippen molar-refractivity contribution in [2.45, 2.75) is 20.3 Å². The number of guanidine groups is 1. The fourth-order valence-corrected chi connectivity index (χ4v) is 3.81. The Bertz CT molecular complexity index is 1280.